The normalized spacial score (nSPS) is 16.9. The molecule has 7 nitrogen and oxygen atoms in total. The quantitative estimate of drug-likeness (QED) is 0.538. The van der Waals surface area contributed by atoms with Crippen molar-refractivity contribution in [3.8, 4) is 0 Å². The van der Waals surface area contributed by atoms with Crippen molar-refractivity contribution in [2.75, 3.05) is 33.3 Å². The summed E-state index contributed by atoms with van der Waals surface area (Å²) in [4.78, 5) is 33.8. The lowest BCUT2D eigenvalue weighted by Gasteiger charge is -2.39. The number of benzene rings is 2. The number of carbonyl (C=O) groups excluding carboxylic acids is 2. The van der Waals surface area contributed by atoms with E-state index in [-0.39, 0.29) is 24.0 Å². The molecule has 0 unspecified atom stereocenters. The fourth-order valence-electron chi connectivity index (χ4n) is 4.12. The highest BCUT2D eigenvalue weighted by Gasteiger charge is 2.28. The number of aromatic nitrogens is 1. The van der Waals surface area contributed by atoms with Gasteiger partial charge in [0.1, 0.15) is 5.01 Å². The van der Waals surface area contributed by atoms with Crippen molar-refractivity contribution >= 4 is 33.4 Å². The molecular weight excluding hydrogens is 436 g/mol. The number of thiazole rings is 1. The number of hydrogen-bond donors (Lipinski definition) is 1. The maximum atomic E-state index is 12.7. The van der Waals surface area contributed by atoms with Crippen LogP contribution in [0.1, 0.15) is 40.8 Å². The van der Waals surface area contributed by atoms with E-state index in [1.165, 1.54) is 11.8 Å². The number of nitrogens with zero attached hydrogens (tertiary/aromatic N) is 3. The number of esters is 1. The van der Waals surface area contributed by atoms with Gasteiger partial charge in [0.25, 0.3) is 0 Å². The van der Waals surface area contributed by atoms with E-state index in [0.717, 1.165) is 42.3 Å². The highest BCUT2D eigenvalue weighted by Crippen LogP contribution is 2.30. The summed E-state index contributed by atoms with van der Waals surface area (Å²) in [6, 6.07) is 15.4. The Hall–Kier alpha value is -2.81. The van der Waals surface area contributed by atoms with Gasteiger partial charge in [0.05, 0.1) is 35.0 Å². The second-order valence-corrected chi connectivity index (χ2v) is 9.41. The summed E-state index contributed by atoms with van der Waals surface area (Å²) in [5.74, 6) is -0.351. The largest absolute Gasteiger partial charge is 0.465 e. The molecule has 1 aliphatic heterocycles. The fourth-order valence-corrected chi connectivity index (χ4v) is 5.17. The highest BCUT2D eigenvalue weighted by atomic mass is 32.1. The highest BCUT2D eigenvalue weighted by molar-refractivity contribution is 7.18. The lowest BCUT2D eigenvalue weighted by atomic mass is 10.1. The lowest BCUT2D eigenvalue weighted by molar-refractivity contribution is -0.126. The number of piperazine rings is 1. The molecule has 1 saturated heterocycles. The van der Waals surface area contributed by atoms with E-state index in [1.807, 2.05) is 25.1 Å². The van der Waals surface area contributed by atoms with Crippen LogP contribution in [0.15, 0.2) is 48.5 Å². The minimum absolute atomic E-state index is 0.0136. The SMILES string of the molecule is COC(=O)c1ccc(CNC(=O)[C@@H](C)N2CCN([C@@H](C)c3nc4ccccc4s3)CC2)cc1. The van der Waals surface area contributed by atoms with Crippen LogP contribution < -0.4 is 5.32 Å². The van der Waals surface area contributed by atoms with Gasteiger partial charge in [-0.15, -0.1) is 11.3 Å². The Balaban J connectivity index is 1.26. The van der Waals surface area contributed by atoms with Crippen molar-refractivity contribution < 1.29 is 14.3 Å². The summed E-state index contributed by atoms with van der Waals surface area (Å²) in [6.45, 7) is 8.11. The van der Waals surface area contributed by atoms with Crippen LogP contribution in [0.25, 0.3) is 10.2 Å². The van der Waals surface area contributed by atoms with E-state index in [4.69, 9.17) is 9.72 Å². The van der Waals surface area contributed by atoms with E-state index < -0.39 is 0 Å². The van der Waals surface area contributed by atoms with E-state index >= 15 is 0 Å². The summed E-state index contributed by atoms with van der Waals surface area (Å²) in [7, 11) is 1.36. The van der Waals surface area contributed by atoms with E-state index in [1.54, 1.807) is 23.5 Å². The zero-order chi connectivity index (χ0) is 23.4. The average molecular weight is 467 g/mol. The van der Waals surface area contributed by atoms with Gasteiger partial charge in [-0.05, 0) is 43.7 Å². The van der Waals surface area contributed by atoms with Gasteiger partial charge < -0.3 is 10.1 Å². The molecule has 174 valence electrons. The number of amides is 1. The Labute approximate surface area is 198 Å². The predicted octanol–water partition coefficient (Wildman–Crippen LogP) is 3.47. The van der Waals surface area contributed by atoms with E-state index in [2.05, 4.69) is 40.2 Å². The molecule has 0 bridgehead atoms. The number of methoxy groups -OCH3 is 1. The van der Waals surface area contributed by atoms with Crippen LogP contribution in [0.3, 0.4) is 0 Å². The number of hydrogen-bond acceptors (Lipinski definition) is 7. The summed E-state index contributed by atoms with van der Waals surface area (Å²) >= 11 is 1.76. The first-order valence-electron chi connectivity index (χ1n) is 11.2. The van der Waals surface area contributed by atoms with Gasteiger partial charge in [-0.1, -0.05) is 24.3 Å². The van der Waals surface area contributed by atoms with Gasteiger partial charge in [-0.2, -0.15) is 0 Å². The first kappa shape index (κ1) is 23.4. The van der Waals surface area contributed by atoms with Crippen LogP contribution >= 0.6 is 11.3 Å². The predicted molar refractivity (Wildman–Crippen MR) is 130 cm³/mol. The molecule has 33 heavy (non-hydrogen) atoms. The molecule has 1 amide bonds. The molecule has 1 N–H and O–H groups in total. The number of rotatable bonds is 7. The third-order valence-electron chi connectivity index (χ3n) is 6.33. The second kappa shape index (κ2) is 10.4. The van der Waals surface area contributed by atoms with Gasteiger partial charge in [0, 0.05) is 32.7 Å². The van der Waals surface area contributed by atoms with Crippen molar-refractivity contribution in [3.05, 3.63) is 64.7 Å². The van der Waals surface area contributed by atoms with Crippen molar-refractivity contribution in [2.24, 2.45) is 0 Å². The maximum Gasteiger partial charge on any atom is 0.337 e. The minimum Gasteiger partial charge on any atom is -0.465 e. The van der Waals surface area contributed by atoms with Crippen LogP contribution in [-0.4, -0.2) is 66.0 Å². The number of ether oxygens (including phenoxy) is 1. The molecule has 8 heteroatoms. The Morgan fingerprint density at radius 2 is 1.70 bits per heavy atom. The summed E-state index contributed by atoms with van der Waals surface area (Å²) in [5.41, 5.74) is 2.50. The van der Waals surface area contributed by atoms with E-state index in [9.17, 15) is 9.59 Å². The third kappa shape index (κ3) is 5.40. The minimum atomic E-state index is -0.365. The number of carbonyl (C=O) groups is 2. The van der Waals surface area contributed by atoms with Gasteiger partial charge in [-0.25, -0.2) is 9.78 Å². The zero-order valence-corrected chi connectivity index (χ0v) is 20.1. The average Bonchev–Trinajstić information content (AvgIpc) is 3.30. The third-order valence-corrected chi connectivity index (χ3v) is 7.54. The smallest absolute Gasteiger partial charge is 0.337 e. The van der Waals surface area contributed by atoms with Crippen LogP contribution in [0.2, 0.25) is 0 Å². The van der Waals surface area contributed by atoms with Crippen LogP contribution in [-0.2, 0) is 16.1 Å². The van der Waals surface area contributed by atoms with Crippen molar-refractivity contribution in [1.82, 2.24) is 20.1 Å². The lowest BCUT2D eigenvalue weighted by Crippen LogP contribution is -2.54. The summed E-state index contributed by atoms with van der Waals surface area (Å²) in [5, 5.41) is 4.16. The monoisotopic (exact) mass is 466 g/mol. The van der Waals surface area contributed by atoms with Crippen molar-refractivity contribution in [1.29, 1.82) is 0 Å². The van der Waals surface area contributed by atoms with Gasteiger partial charge >= 0.3 is 5.97 Å². The topological polar surface area (TPSA) is 74.8 Å². The maximum absolute atomic E-state index is 12.7. The van der Waals surface area contributed by atoms with Crippen molar-refractivity contribution in [2.45, 2.75) is 32.5 Å². The van der Waals surface area contributed by atoms with Crippen LogP contribution in [0.5, 0.6) is 0 Å². The number of fused-ring (bicyclic) bond motifs is 1. The molecule has 0 radical (unpaired) electrons. The molecule has 0 spiro atoms. The Morgan fingerprint density at radius 1 is 1.03 bits per heavy atom. The Morgan fingerprint density at radius 3 is 2.36 bits per heavy atom. The molecule has 0 aliphatic carbocycles. The zero-order valence-electron chi connectivity index (χ0n) is 19.3. The molecule has 2 atom stereocenters. The Bertz CT molecular complexity index is 1070. The molecule has 1 aliphatic rings. The van der Waals surface area contributed by atoms with E-state index in [0.29, 0.717) is 12.1 Å². The first-order chi connectivity index (χ1) is 16.0. The van der Waals surface area contributed by atoms with Gasteiger partial charge in [0.15, 0.2) is 0 Å². The molecule has 2 heterocycles. The van der Waals surface area contributed by atoms with Gasteiger partial charge in [0.2, 0.25) is 5.91 Å². The van der Waals surface area contributed by atoms with Crippen LogP contribution in [0.4, 0.5) is 0 Å². The van der Waals surface area contributed by atoms with Crippen LogP contribution in [0, 0.1) is 0 Å². The molecule has 1 aromatic heterocycles. The Kier molecular flexibility index (Phi) is 7.37. The molecule has 2 aromatic carbocycles. The summed E-state index contributed by atoms with van der Waals surface area (Å²) in [6.07, 6.45) is 0. The summed E-state index contributed by atoms with van der Waals surface area (Å²) < 4.78 is 5.94. The molecule has 1 fully saturated rings. The fraction of sp³-hybridized carbons (Fsp3) is 0.400. The number of para-hydroxylation sites is 1. The van der Waals surface area contributed by atoms with Crippen molar-refractivity contribution in [3.63, 3.8) is 0 Å². The standard InChI is InChI=1S/C25H30N4O3S/c1-17(23(30)26-16-19-8-10-20(11-9-19)25(31)32-3)28-12-14-29(15-13-28)18(2)24-27-21-6-4-5-7-22(21)33-24/h4-11,17-18H,12-16H2,1-3H3,(H,26,30)/t17-,18+/m1/s1. The molecule has 3 aromatic rings. The van der Waals surface area contributed by atoms with Gasteiger partial charge in [-0.3, -0.25) is 14.6 Å². The number of nitrogens with one attached hydrogen (secondary N) is 1. The molecule has 4 rings (SSSR count). The first-order valence-corrected chi connectivity index (χ1v) is 12.1. The molecule has 0 saturated carbocycles. The molecular formula is C25H30N4O3S. The second-order valence-electron chi connectivity index (χ2n) is 8.35.